The molecule has 22 heavy (non-hydrogen) atoms. The van der Waals surface area contributed by atoms with Crippen molar-refractivity contribution in [2.75, 3.05) is 6.61 Å². The van der Waals surface area contributed by atoms with Crippen molar-refractivity contribution in [3.63, 3.8) is 0 Å². The molecule has 112 valence electrons. The first-order valence-corrected chi connectivity index (χ1v) is 8.08. The summed E-state index contributed by atoms with van der Waals surface area (Å²) in [6.45, 7) is 3.15. The normalized spacial score (nSPS) is 10.4. The number of ether oxygens (including phenoxy) is 2. The minimum Gasteiger partial charge on any atom is -0.494 e. The van der Waals surface area contributed by atoms with Crippen LogP contribution in [0.4, 0.5) is 0 Å². The molecule has 4 heteroatoms. The standard InChI is InChI=1S/C18H17NO2S/c1-2-20-16-10-8-14(9-11-16)17-13-22-18(19-17)12-21-15-6-4-3-5-7-15/h3-11,13H,2,12H2,1H3. The van der Waals surface area contributed by atoms with E-state index >= 15 is 0 Å². The van der Waals surface area contributed by atoms with Crippen molar-refractivity contribution in [1.82, 2.24) is 4.98 Å². The van der Waals surface area contributed by atoms with Crippen LogP contribution in [0.1, 0.15) is 11.9 Å². The summed E-state index contributed by atoms with van der Waals surface area (Å²) in [5, 5.41) is 3.02. The van der Waals surface area contributed by atoms with E-state index in [2.05, 4.69) is 10.4 Å². The van der Waals surface area contributed by atoms with Crippen LogP contribution >= 0.6 is 11.3 Å². The van der Waals surface area contributed by atoms with Crippen LogP contribution in [0.2, 0.25) is 0 Å². The average Bonchev–Trinajstić information content (AvgIpc) is 3.04. The lowest BCUT2D eigenvalue weighted by atomic mass is 10.2. The molecular weight excluding hydrogens is 294 g/mol. The molecule has 0 aliphatic heterocycles. The highest BCUT2D eigenvalue weighted by molar-refractivity contribution is 7.09. The second-order valence-electron chi connectivity index (χ2n) is 4.69. The predicted octanol–water partition coefficient (Wildman–Crippen LogP) is 4.79. The first-order valence-electron chi connectivity index (χ1n) is 7.20. The van der Waals surface area contributed by atoms with Crippen molar-refractivity contribution >= 4 is 11.3 Å². The molecule has 1 heterocycles. The largest absolute Gasteiger partial charge is 0.494 e. The lowest BCUT2D eigenvalue weighted by Crippen LogP contribution is -1.94. The fraction of sp³-hybridized carbons (Fsp3) is 0.167. The van der Waals surface area contributed by atoms with Gasteiger partial charge in [0.2, 0.25) is 0 Å². The van der Waals surface area contributed by atoms with Gasteiger partial charge in [0.15, 0.2) is 0 Å². The van der Waals surface area contributed by atoms with Crippen LogP contribution in [0.15, 0.2) is 60.0 Å². The molecule has 2 aromatic carbocycles. The van der Waals surface area contributed by atoms with Gasteiger partial charge in [0.25, 0.3) is 0 Å². The summed E-state index contributed by atoms with van der Waals surface area (Å²) in [5.74, 6) is 1.74. The Bertz CT molecular complexity index is 707. The molecule has 0 N–H and O–H groups in total. The van der Waals surface area contributed by atoms with Gasteiger partial charge in [0.05, 0.1) is 12.3 Å². The fourth-order valence-corrected chi connectivity index (χ4v) is 2.77. The van der Waals surface area contributed by atoms with Gasteiger partial charge in [-0.25, -0.2) is 4.98 Å². The predicted molar refractivity (Wildman–Crippen MR) is 89.5 cm³/mol. The second-order valence-corrected chi connectivity index (χ2v) is 5.63. The molecule has 3 rings (SSSR count). The Morgan fingerprint density at radius 1 is 0.909 bits per heavy atom. The molecule has 0 amide bonds. The molecule has 0 bridgehead atoms. The van der Waals surface area contributed by atoms with Crippen LogP contribution in [0, 0.1) is 0 Å². The Labute approximate surface area is 134 Å². The molecule has 0 atom stereocenters. The highest BCUT2D eigenvalue weighted by Gasteiger charge is 2.05. The third kappa shape index (κ3) is 3.65. The Balaban J connectivity index is 1.65. The van der Waals surface area contributed by atoms with Crippen LogP contribution in [-0.2, 0) is 6.61 Å². The third-order valence-corrected chi connectivity index (χ3v) is 3.94. The number of hydrogen-bond acceptors (Lipinski definition) is 4. The molecule has 1 aromatic heterocycles. The number of hydrogen-bond donors (Lipinski definition) is 0. The zero-order valence-electron chi connectivity index (χ0n) is 12.4. The number of thiazole rings is 1. The van der Waals surface area contributed by atoms with Crippen LogP contribution in [0.25, 0.3) is 11.3 Å². The summed E-state index contributed by atoms with van der Waals surface area (Å²) in [7, 11) is 0. The van der Waals surface area contributed by atoms with Crippen molar-refractivity contribution in [1.29, 1.82) is 0 Å². The van der Waals surface area contributed by atoms with E-state index in [9.17, 15) is 0 Å². The molecule has 0 radical (unpaired) electrons. The van der Waals surface area contributed by atoms with Gasteiger partial charge in [-0.1, -0.05) is 18.2 Å². The molecule has 0 saturated carbocycles. The van der Waals surface area contributed by atoms with Crippen LogP contribution in [0.5, 0.6) is 11.5 Å². The van der Waals surface area contributed by atoms with Gasteiger partial charge in [-0.2, -0.15) is 0 Å². The minimum atomic E-state index is 0.492. The summed E-state index contributed by atoms with van der Waals surface area (Å²) in [5.41, 5.74) is 2.06. The van der Waals surface area contributed by atoms with Crippen molar-refractivity contribution in [2.45, 2.75) is 13.5 Å². The van der Waals surface area contributed by atoms with Crippen LogP contribution < -0.4 is 9.47 Å². The topological polar surface area (TPSA) is 31.4 Å². The van der Waals surface area contributed by atoms with E-state index in [0.717, 1.165) is 27.8 Å². The maximum atomic E-state index is 5.72. The highest BCUT2D eigenvalue weighted by Crippen LogP contribution is 2.25. The number of benzene rings is 2. The third-order valence-electron chi connectivity index (χ3n) is 3.12. The van der Waals surface area contributed by atoms with E-state index in [1.54, 1.807) is 11.3 Å². The van der Waals surface area contributed by atoms with Crippen LogP contribution in [-0.4, -0.2) is 11.6 Å². The van der Waals surface area contributed by atoms with Crippen molar-refractivity contribution in [2.24, 2.45) is 0 Å². The van der Waals surface area contributed by atoms with E-state index in [0.29, 0.717) is 13.2 Å². The Kier molecular flexibility index (Phi) is 4.71. The monoisotopic (exact) mass is 311 g/mol. The molecule has 0 spiro atoms. The zero-order chi connectivity index (χ0) is 15.2. The quantitative estimate of drug-likeness (QED) is 0.656. The van der Waals surface area contributed by atoms with E-state index in [-0.39, 0.29) is 0 Å². The molecule has 0 unspecified atom stereocenters. The number of nitrogens with zero attached hydrogens (tertiary/aromatic N) is 1. The van der Waals surface area contributed by atoms with Gasteiger partial charge in [0.1, 0.15) is 23.1 Å². The van der Waals surface area contributed by atoms with Gasteiger partial charge in [-0.3, -0.25) is 0 Å². The highest BCUT2D eigenvalue weighted by atomic mass is 32.1. The summed E-state index contributed by atoms with van der Waals surface area (Å²) >= 11 is 1.61. The molecule has 0 saturated heterocycles. The summed E-state index contributed by atoms with van der Waals surface area (Å²) < 4.78 is 11.2. The lowest BCUT2D eigenvalue weighted by Gasteiger charge is -2.04. The van der Waals surface area contributed by atoms with E-state index in [1.165, 1.54) is 0 Å². The van der Waals surface area contributed by atoms with E-state index < -0.39 is 0 Å². The molecular formula is C18H17NO2S. The second kappa shape index (κ2) is 7.09. The summed E-state index contributed by atoms with van der Waals surface area (Å²) in [6.07, 6.45) is 0. The lowest BCUT2D eigenvalue weighted by molar-refractivity contribution is 0.305. The van der Waals surface area contributed by atoms with Gasteiger partial charge in [-0.15, -0.1) is 11.3 Å². The van der Waals surface area contributed by atoms with Gasteiger partial charge < -0.3 is 9.47 Å². The van der Waals surface area contributed by atoms with Gasteiger partial charge in [0, 0.05) is 10.9 Å². The molecule has 3 aromatic rings. The van der Waals surface area contributed by atoms with Crippen molar-refractivity contribution in [3.05, 3.63) is 65.0 Å². The maximum absolute atomic E-state index is 5.72. The summed E-state index contributed by atoms with van der Waals surface area (Å²) in [6, 6.07) is 17.8. The van der Waals surface area contributed by atoms with E-state index in [1.807, 2.05) is 61.5 Å². The van der Waals surface area contributed by atoms with Gasteiger partial charge in [-0.05, 0) is 43.3 Å². The van der Waals surface area contributed by atoms with E-state index in [4.69, 9.17) is 9.47 Å². The minimum absolute atomic E-state index is 0.492. The first kappa shape index (κ1) is 14.6. The Morgan fingerprint density at radius 3 is 2.36 bits per heavy atom. The Hall–Kier alpha value is -2.33. The smallest absolute Gasteiger partial charge is 0.140 e. The fourth-order valence-electron chi connectivity index (χ4n) is 2.06. The van der Waals surface area contributed by atoms with Crippen molar-refractivity contribution in [3.8, 4) is 22.8 Å². The zero-order valence-corrected chi connectivity index (χ0v) is 13.2. The van der Waals surface area contributed by atoms with Gasteiger partial charge >= 0.3 is 0 Å². The van der Waals surface area contributed by atoms with Crippen molar-refractivity contribution < 1.29 is 9.47 Å². The molecule has 0 aliphatic rings. The summed E-state index contributed by atoms with van der Waals surface area (Å²) in [4.78, 5) is 4.62. The number of rotatable bonds is 6. The first-order chi connectivity index (χ1) is 10.8. The SMILES string of the molecule is CCOc1ccc(-c2csc(COc3ccccc3)n2)cc1. The van der Waals surface area contributed by atoms with Crippen LogP contribution in [0.3, 0.4) is 0 Å². The molecule has 0 aliphatic carbocycles. The Morgan fingerprint density at radius 2 is 1.64 bits per heavy atom. The maximum Gasteiger partial charge on any atom is 0.140 e. The molecule has 3 nitrogen and oxygen atoms in total. The molecule has 0 fully saturated rings. The number of para-hydroxylation sites is 1. The number of aromatic nitrogens is 1. The average molecular weight is 311 g/mol.